The second kappa shape index (κ2) is 4.14. The Hall–Kier alpha value is -0.770. The van der Waals surface area contributed by atoms with Crippen LogP contribution in [0.4, 0.5) is 0 Å². The molecule has 0 aromatic rings. The summed E-state index contributed by atoms with van der Waals surface area (Å²) >= 11 is 4.84. The van der Waals surface area contributed by atoms with Gasteiger partial charge in [-0.15, -0.1) is 0 Å². The highest BCUT2D eigenvalue weighted by atomic mass is 35.5. The molecule has 0 spiro atoms. The summed E-state index contributed by atoms with van der Waals surface area (Å²) in [6, 6.07) is 0. The van der Waals surface area contributed by atoms with Crippen LogP contribution < -0.4 is 5.73 Å². The van der Waals surface area contributed by atoms with Crippen molar-refractivity contribution in [1.82, 2.24) is 0 Å². The molecule has 0 aromatic carbocycles. The fourth-order valence-corrected chi connectivity index (χ4v) is 0.309. The number of hydrogen-bond donors (Lipinski definition) is 1. The van der Waals surface area contributed by atoms with Crippen molar-refractivity contribution >= 4 is 23.6 Å². The summed E-state index contributed by atoms with van der Waals surface area (Å²) in [5.74, 6) is -1.01. The maximum Gasteiger partial charge on any atom is 0.374 e. The van der Waals surface area contributed by atoms with Gasteiger partial charge in [0.1, 0.15) is 0 Å². The number of nitrogens with zero attached hydrogens (tertiary/aromatic N) is 1. The summed E-state index contributed by atoms with van der Waals surface area (Å²) in [6.45, 7) is 1.94. The standard InChI is InChI=1S/C4H7ClN2O2/c1-2-9-4(8)3(6)7-5/h2H2,1H3,(H2,6,7). The third-order valence-corrected chi connectivity index (χ3v) is 0.758. The van der Waals surface area contributed by atoms with Crippen LogP contribution in [0.3, 0.4) is 0 Å². The minimum atomic E-state index is -0.687. The van der Waals surface area contributed by atoms with Gasteiger partial charge < -0.3 is 10.5 Å². The number of carbonyl (C=O) groups excluding carboxylic acids is 1. The highest BCUT2D eigenvalue weighted by molar-refractivity contribution is 6.39. The van der Waals surface area contributed by atoms with Crippen LogP contribution in [0.5, 0.6) is 0 Å². The van der Waals surface area contributed by atoms with Gasteiger partial charge in [-0.1, -0.05) is 0 Å². The highest BCUT2D eigenvalue weighted by Crippen LogP contribution is 1.81. The summed E-state index contributed by atoms with van der Waals surface area (Å²) in [4.78, 5) is 10.4. The van der Waals surface area contributed by atoms with E-state index in [0.29, 0.717) is 0 Å². The molecule has 0 atom stereocenters. The Bertz CT molecular complexity index is 135. The lowest BCUT2D eigenvalue weighted by Crippen LogP contribution is -2.25. The molecular weight excluding hydrogens is 144 g/mol. The molecule has 0 aliphatic carbocycles. The molecule has 9 heavy (non-hydrogen) atoms. The van der Waals surface area contributed by atoms with Crippen molar-refractivity contribution in [1.29, 1.82) is 0 Å². The predicted molar refractivity (Wildman–Crippen MR) is 34.1 cm³/mol. The van der Waals surface area contributed by atoms with Crippen molar-refractivity contribution in [2.75, 3.05) is 6.61 Å². The minimum Gasteiger partial charge on any atom is -0.460 e. The summed E-state index contributed by atoms with van der Waals surface area (Å²) in [6.07, 6.45) is 0. The molecule has 2 N–H and O–H groups in total. The second-order valence-corrected chi connectivity index (χ2v) is 1.36. The second-order valence-electron chi connectivity index (χ2n) is 1.19. The molecule has 0 bridgehead atoms. The monoisotopic (exact) mass is 150 g/mol. The Morgan fingerprint density at radius 3 is 2.78 bits per heavy atom. The summed E-state index contributed by atoms with van der Waals surface area (Å²) in [5.41, 5.74) is 4.95. The van der Waals surface area contributed by atoms with Crippen LogP contribution in [-0.4, -0.2) is 18.4 Å². The topological polar surface area (TPSA) is 64.7 Å². The van der Waals surface area contributed by atoms with Gasteiger partial charge in [0.05, 0.1) is 6.61 Å². The number of carbonyl (C=O) groups is 1. The molecule has 0 amide bonds. The van der Waals surface area contributed by atoms with Crippen molar-refractivity contribution in [3.8, 4) is 0 Å². The fourth-order valence-electron chi connectivity index (χ4n) is 0.240. The number of nitrogens with two attached hydrogens (primary N) is 1. The van der Waals surface area contributed by atoms with E-state index in [9.17, 15) is 4.79 Å². The van der Waals surface area contributed by atoms with Gasteiger partial charge in [-0.25, -0.2) is 4.79 Å². The van der Waals surface area contributed by atoms with Gasteiger partial charge in [0.15, 0.2) is 0 Å². The molecule has 0 aliphatic rings. The number of esters is 1. The van der Waals surface area contributed by atoms with Crippen molar-refractivity contribution in [3.05, 3.63) is 0 Å². The normalized spacial score (nSPS) is 11.1. The number of rotatable bonds is 1. The lowest BCUT2D eigenvalue weighted by Gasteiger charge is -1.96. The lowest BCUT2D eigenvalue weighted by molar-refractivity contribution is -0.135. The van der Waals surface area contributed by atoms with Gasteiger partial charge >= 0.3 is 5.97 Å². The average molecular weight is 151 g/mol. The van der Waals surface area contributed by atoms with E-state index >= 15 is 0 Å². The molecule has 0 unspecified atom stereocenters. The van der Waals surface area contributed by atoms with E-state index in [1.807, 2.05) is 0 Å². The highest BCUT2D eigenvalue weighted by Gasteiger charge is 2.05. The van der Waals surface area contributed by atoms with Crippen LogP contribution in [0.2, 0.25) is 0 Å². The van der Waals surface area contributed by atoms with Gasteiger partial charge in [-0.2, -0.15) is 4.51 Å². The number of amidine groups is 1. The SMILES string of the molecule is CCOC(=O)C(N)=NCl. The number of hydrogen-bond acceptors (Lipinski definition) is 3. The van der Waals surface area contributed by atoms with E-state index in [1.54, 1.807) is 6.92 Å². The van der Waals surface area contributed by atoms with E-state index in [1.165, 1.54) is 0 Å². The molecular formula is C4H7ClN2O2. The smallest absolute Gasteiger partial charge is 0.374 e. The minimum absolute atomic E-state index is 0.270. The first-order chi connectivity index (χ1) is 4.22. The predicted octanol–water partition coefficient (Wildman–Crippen LogP) is 0.0605. The molecule has 0 radical (unpaired) electrons. The Labute approximate surface area is 57.8 Å². The third-order valence-electron chi connectivity index (χ3n) is 0.576. The maximum atomic E-state index is 10.4. The van der Waals surface area contributed by atoms with Gasteiger partial charge in [0, 0.05) is 11.8 Å². The van der Waals surface area contributed by atoms with Gasteiger partial charge in [0.2, 0.25) is 5.84 Å². The van der Waals surface area contributed by atoms with Crippen LogP contribution >= 0.6 is 11.8 Å². The fraction of sp³-hybridized carbons (Fsp3) is 0.500. The molecule has 5 heteroatoms. The van der Waals surface area contributed by atoms with Crippen LogP contribution in [-0.2, 0) is 9.53 Å². The molecule has 0 fully saturated rings. The molecule has 0 saturated heterocycles. The Morgan fingerprint density at radius 2 is 2.44 bits per heavy atom. The van der Waals surface area contributed by atoms with Crippen molar-refractivity contribution < 1.29 is 9.53 Å². The van der Waals surface area contributed by atoms with Gasteiger partial charge in [-0.05, 0) is 6.92 Å². The van der Waals surface area contributed by atoms with E-state index in [-0.39, 0.29) is 12.4 Å². The van der Waals surface area contributed by atoms with Crippen LogP contribution in [0.1, 0.15) is 6.92 Å². The largest absolute Gasteiger partial charge is 0.460 e. The molecule has 0 aromatic heterocycles. The van der Waals surface area contributed by atoms with E-state index in [4.69, 9.17) is 17.5 Å². The van der Waals surface area contributed by atoms with Crippen LogP contribution in [0, 0.1) is 0 Å². The summed E-state index contributed by atoms with van der Waals surface area (Å²) in [7, 11) is 0. The first-order valence-electron chi connectivity index (χ1n) is 2.34. The zero-order valence-electron chi connectivity index (χ0n) is 4.93. The van der Waals surface area contributed by atoms with Crippen molar-refractivity contribution in [2.45, 2.75) is 6.92 Å². The molecule has 0 aliphatic heterocycles. The molecule has 0 saturated carbocycles. The first kappa shape index (κ1) is 8.23. The summed E-state index contributed by atoms with van der Waals surface area (Å²) < 4.78 is 7.31. The summed E-state index contributed by atoms with van der Waals surface area (Å²) in [5, 5.41) is 0. The molecule has 0 rings (SSSR count). The van der Waals surface area contributed by atoms with Crippen molar-refractivity contribution in [2.24, 2.45) is 10.2 Å². The van der Waals surface area contributed by atoms with E-state index in [0.717, 1.165) is 0 Å². The van der Waals surface area contributed by atoms with E-state index in [2.05, 4.69) is 9.25 Å². The number of ether oxygens (including phenoxy) is 1. The first-order valence-corrected chi connectivity index (χ1v) is 2.67. The quantitative estimate of drug-likeness (QED) is 0.327. The zero-order valence-corrected chi connectivity index (χ0v) is 5.68. The average Bonchev–Trinajstić information content (AvgIpc) is 1.87. The Kier molecular flexibility index (Phi) is 3.79. The maximum absolute atomic E-state index is 10.4. The zero-order chi connectivity index (χ0) is 7.28. The van der Waals surface area contributed by atoms with Crippen LogP contribution in [0.15, 0.2) is 4.51 Å². The third kappa shape index (κ3) is 2.92. The van der Waals surface area contributed by atoms with Crippen LogP contribution in [0.25, 0.3) is 0 Å². The number of halogens is 1. The lowest BCUT2D eigenvalue weighted by atomic mass is 10.6. The van der Waals surface area contributed by atoms with E-state index < -0.39 is 5.97 Å². The van der Waals surface area contributed by atoms with Gasteiger partial charge in [-0.3, -0.25) is 0 Å². The van der Waals surface area contributed by atoms with Gasteiger partial charge in [0.25, 0.3) is 0 Å². The molecule has 52 valence electrons. The Balaban J connectivity index is 3.74. The molecule has 0 heterocycles. The molecule has 4 nitrogen and oxygen atoms in total. The van der Waals surface area contributed by atoms with Crippen molar-refractivity contribution in [3.63, 3.8) is 0 Å². The Morgan fingerprint density at radius 1 is 1.89 bits per heavy atom.